The van der Waals surface area contributed by atoms with E-state index in [0.29, 0.717) is 18.8 Å². The number of alkyl halides is 2. The molecule has 0 radical (unpaired) electrons. The van der Waals surface area contributed by atoms with Crippen molar-refractivity contribution in [2.45, 2.75) is 12.7 Å². The molecule has 0 amide bonds. The first-order chi connectivity index (χ1) is 9.52. The summed E-state index contributed by atoms with van der Waals surface area (Å²) in [6.07, 6.45) is 0. The molecule has 1 aliphatic heterocycles. The number of aliphatic hydroxyl groups is 1. The van der Waals surface area contributed by atoms with Crippen LogP contribution in [0.4, 0.5) is 24.5 Å². The minimum absolute atomic E-state index is 0.0875. The number of nitrogen functional groups attached to an aromatic ring is 1. The van der Waals surface area contributed by atoms with Crippen LogP contribution in [0.3, 0.4) is 0 Å². The lowest BCUT2D eigenvalue weighted by molar-refractivity contribution is -0.0521. The standard InChI is InChI=1S/C12H15F3N2O3/c13-8-3-9(16)10(4-11(8)20-12(14)15)17-1-2-19-6-7(17)5-18/h3-4,7,12,18H,1-2,5-6,16H2. The van der Waals surface area contributed by atoms with E-state index in [2.05, 4.69) is 4.74 Å². The highest BCUT2D eigenvalue weighted by Crippen LogP contribution is 2.33. The van der Waals surface area contributed by atoms with Crippen LogP contribution in [0.5, 0.6) is 5.75 Å². The minimum atomic E-state index is -3.13. The summed E-state index contributed by atoms with van der Waals surface area (Å²) >= 11 is 0. The van der Waals surface area contributed by atoms with Gasteiger partial charge >= 0.3 is 6.61 Å². The SMILES string of the molecule is Nc1cc(F)c(OC(F)F)cc1N1CCOCC1CO. The third-order valence-electron chi connectivity index (χ3n) is 3.04. The maximum absolute atomic E-state index is 13.5. The molecule has 2 rings (SSSR count). The van der Waals surface area contributed by atoms with E-state index in [-0.39, 0.29) is 24.9 Å². The Balaban J connectivity index is 2.34. The number of hydrogen-bond donors (Lipinski definition) is 2. The van der Waals surface area contributed by atoms with Gasteiger partial charge < -0.3 is 25.2 Å². The van der Waals surface area contributed by atoms with Crippen molar-refractivity contribution < 1.29 is 27.8 Å². The summed E-state index contributed by atoms with van der Waals surface area (Å²) in [6, 6.07) is 1.68. The van der Waals surface area contributed by atoms with E-state index in [1.54, 1.807) is 4.90 Å². The molecule has 0 spiro atoms. The van der Waals surface area contributed by atoms with Crippen LogP contribution in [-0.2, 0) is 4.74 Å². The zero-order valence-corrected chi connectivity index (χ0v) is 10.6. The van der Waals surface area contributed by atoms with Crippen molar-refractivity contribution in [3.05, 3.63) is 17.9 Å². The van der Waals surface area contributed by atoms with E-state index in [4.69, 9.17) is 10.5 Å². The summed E-state index contributed by atoms with van der Waals surface area (Å²) in [5, 5.41) is 9.30. The quantitative estimate of drug-likeness (QED) is 0.816. The molecule has 5 nitrogen and oxygen atoms in total. The van der Waals surface area contributed by atoms with Gasteiger partial charge in [0, 0.05) is 18.7 Å². The molecule has 112 valence electrons. The number of ether oxygens (including phenoxy) is 2. The second-order valence-electron chi connectivity index (χ2n) is 4.32. The van der Waals surface area contributed by atoms with Crippen LogP contribution in [0.2, 0.25) is 0 Å². The van der Waals surface area contributed by atoms with Crippen LogP contribution in [-0.4, -0.2) is 44.1 Å². The Hall–Kier alpha value is -1.67. The van der Waals surface area contributed by atoms with Gasteiger partial charge in [-0.3, -0.25) is 0 Å². The Morgan fingerprint density at radius 2 is 2.25 bits per heavy atom. The topological polar surface area (TPSA) is 68.0 Å². The monoisotopic (exact) mass is 292 g/mol. The van der Waals surface area contributed by atoms with Gasteiger partial charge in [-0.05, 0) is 0 Å². The second-order valence-corrected chi connectivity index (χ2v) is 4.32. The van der Waals surface area contributed by atoms with Crippen LogP contribution in [0.1, 0.15) is 0 Å². The smallest absolute Gasteiger partial charge is 0.387 e. The zero-order chi connectivity index (χ0) is 14.7. The number of anilines is 2. The van der Waals surface area contributed by atoms with Gasteiger partial charge in [0.05, 0.1) is 37.2 Å². The van der Waals surface area contributed by atoms with Crippen LogP contribution in [0.25, 0.3) is 0 Å². The van der Waals surface area contributed by atoms with Gasteiger partial charge in [0.15, 0.2) is 11.6 Å². The van der Waals surface area contributed by atoms with Crippen molar-refractivity contribution in [1.29, 1.82) is 0 Å². The summed E-state index contributed by atoms with van der Waals surface area (Å²) in [5.41, 5.74) is 6.15. The van der Waals surface area contributed by atoms with E-state index in [1.165, 1.54) is 0 Å². The Bertz CT molecular complexity index is 474. The molecule has 20 heavy (non-hydrogen) atoms. The van der Waals surface area contributed by atoms with Gasteiger partial charge in [0.2, 0.25) is 0 Å². The average molecular weight is 292 g/mol. The van der Waals surface area contributed by atoms with Gasteiger partial charge in [-0.15, -0.1) is 0 Å². The van der Waals surface area contributed by atoms with E-state index in [9.17, 15) is 18.3 Å². The summed E-state index contributed by atoms with van der Waals surface area (Å²) in [5.74, 6) is -1.53. The Kier molecular flexibility index (Phi) is 4.56. The van der Waals surface area contributed by atoms with Crippen LogP contribution in [0.15, 0.2) is 12.1 Å². The lowest BCUT2D eigenvalue weighted by atomic mass is 10.1. The van der Waals surface area contributed by atoms with E-state index in [0.717, 1.165) is 12.1 Å². The fourth-order valence-electron chi connectivity index (χ4n) is 2.12. The lowest BCUT2D eigenvalue weighted by Crippen LogP contribution is -2.48. The van der Waals surface area contributed by atoms with Crippen LogP contribution >= 0.6 is 0 Å². The molecule has 0 aromatic heterocycles. The largest absolute Gasteiger partial charge is 0.432 e. The molecule has 1 unspecified atom stereocenters. The highest BCUT2D eigenvalue weighted by atomic mass is 19.3. The molecule has 1 aromatic carbocycles. The summed E-state index contributed by atoms with van der Waals surface area (Å²) in [6.45, 7) is -2.23. The highest BCUT2D eigenvalue weighted by Gasteiger charge is 2.25. The second kappa shape index (κ2) is 6.19. The van der Waals surface area contributed by atoms with Crippen molar-refractivity contribution in [2.75, 3.05) is 37.0 Å². The zero-order valence-electron chi connectivity index (χ0n) is 10.6. The molecule has 3 N–H and O–H groups in total. The van der Waals surface area contributed by atoms with E-state index in [1.807, 2.05) is 0 Å². The Labute approximate surface area is 113 Å². The predicted octanol–water partition coefficient (Wildman–Crippen LogP) is 1.21. The van der Waals surface area contributed by atoms with E-state index < -0.39 is 18.2 Å². The predicted molar refractivity (Wildman–Crippen MR) is 66.5 cm³/mol. The molecular formula is C12H15F3N2O3. The molecule has 1 heterocycles. The summed E-state index contributed by atoms with van der Waals surface area (Å²) in [4.78, 5) is 1.69. The third-order valence-corrected chi connectivity index (χ3v) is 3.04. The number of nitrogens with two attached hydrogens (primary N) is 1. The fraction of sp³-hybridized carbons (Fsp3) is 0.500. The van der Waals surface area contributed by atoms with Gasteiger partial charge in [0.25, 0.3) is 0 Å². The first-order valence-corrected chi connectivity index (χ1v) is 6.02. The van der Waals surface area contributed by atoms with Gasteiger partial charge in [0.1, 0.15) is 0 Å². The number of morpholine rings is 1. The minimum Gasteiger partial charge on any atom is -0.432 e. The summed E-state index contributed by atoms with van der Waals surface area (Å²) < 4.78 is 47.3. The number of aliphatic hydroxyl groups excluding tert-OH is 1. The molecule has 1 atom stereocenters. The van der Waals surface area contributed by atoms with Crippen molar-refractivity contribution in [3.63, 3.8) is 0 Å². The number of hydrogen-bond acceptors (Lipinski definition) is 5. The van der Waals surface area contributed by atoms with Crippen molar-refractivity contribution in [2.24, 2.45) is 0 Å². The molecule has 0 bridgehead atoms. The maximum Gasteiger partial charge on any atom is 0.387 e. The molecule has 0 saturated carbocycles. The van der Waals surface area contributed by atoms with Crippen molar-refractivity contribution in [3.8, 4) is 5.75 Å². The van der Waals surface area contributed by atoms with Gasteiger partial charge in [-0.25, -0.2) is 4.39 Å². The lowest BCUT2D eigenvalue weighted by Gasteiger charge is -2.37. The maximum atomic E-state index is 13.5. The molecule has 1 aromatic rings. The molecular weight excluding hydrogens is 277 g/mol. The molecule has 0 aliphatic carbocycles. The number of halogens is 3. The number of nitrogens with zero attached hydrogens (tertiary/aromatic N) is 1. The van der Waals surface area contributed by atoms with Crippen molar-refractivity contribution in [1.82, 2.24) is 0 Å². The summed E-state index contributed by atoms with van der Waals surface area (Å²) in [7, 11) is 0. The Morgan fingerprint density at radius 3 is 2.90 bits per heavy atom. The number of rotatable bonds is 4. The highest BCUT2D eigenvalue weighted by molar-refractivity contribution is 5.70. The van der Waals surface area contributed by atoms with Gasteiger partial charge in [-0.2, -0.15) is 8.78 Å². The fourth-order valence-corrected chi connectivity index (χ4v) is 2.12. The van der Waals surface area contributed by atoms with E-state index >= 15 is 0 Å². The molecule has 8 heteroatoms. The third kappa shape index (κ3) is 3.07. The first-order valence-electron chi connectivity index (χ1n) is 6.02. The first kappa shape index (κ1) is 14.7. The normalized spacial score (nSPS) is 19.4. The van der Waals surface area contributed by atoms with Crippen LogP contribution < -0.4 is 15.4 Å². The van der Waals surface area contributed by atoms with Gasteiger partial charge in [-0.1, -0.05) is 0 Å². The molecule has 1 fully saturated rings. The molecule has 1 saturated heterocycles. The average Bonchev–Trinajstić information content (AvgIpc) is 2.41. The van der Waals surface area contributed by atoms with Crippen molar-refractivity contribution >= 4 is 11.4 Å². The molecule has 1 aliphatic rings. The number of benzene rings is 1. The Morgan fingerprint density at radius 1 is 1.50 bits per heavy atom. The van der Waals surface area contributed by atoms with Crippen LogP contribution in [0, 0.1) is 5.82 Å².